The lowest BCUT2D eigenvalue weighted by Crippen LogP contribution is -2.25. The first-order chi connectivity index (χ1) is 14.2. The maximum atomic E-state index is 5.45. The highest BCUT2D eigenvalue weighted by Gasteiger charge is 2.14. The fourth-order valence-corrected chi connectivity index (χ4v) is 3.03. The van der Waals surface area contributed by atoms with Crippen LogP contribution in [0.4, 0.5) is 23.5 Å². The second-order valence-corrected chi connectivity index (χ2v) is 6.49. The molecule has 2 N–H and O–H groups in total. The molecule has 0 aliphatic carbocycles. The first-order valence-electron chi connectivity index (χ1n) is 9.70. The average molecular weight is 392 g/mol. The van der Waals surface area contributed by atoms with Crippen LogP contribution in [0.2, 0.25) is 0 Å². The summed E-state index contributed by atoms with van der Waals surface area (Å²) < 4.78 is 10.8. The van der Waals surface area contributed by atoms with Crippen molar-refractivity contribution < 1.29 is 9.47 Å². The van der Waals surface area contributed by atoms with Crippen LogP contribution in [0.1, 0.15) is 19.4 Å². The largest absolute Gasteiger partial charge is 0.454 e. The molecular formula is C21H24N6O2. The molecule has 0 bridgehead atoms. The van der Waals surface area contributed by atoms with Crippen molar-refractivity contribution in [2.45, 2.75) is 20.4 Å². The van der Waals surface area contributed by atoms with Gasteiger partial charge in [0.05, 0.1) is 0 Å². The van der Waals surface area contributed by atoms with Gasteiger partial charge in [0.15, 0.2) is 11.5 Å². The Balaban J connectivity index is 1.55. The van der Waals surface area contributed by atoms with Crippen LogP contribution < -0.4 is 25.0 Å². The summed E-state index contributed by atoms with van der Waals surface area (Å²) in [7, 11) is 0. The lowest BCUT2D eigenvalue weighted by atomic mass is 10.2. The zero-order valence-electron chi connectivity index (χ0n) is 16.6. The van der Waals surface area contributed by atoms with E-state index < -0.39 is 0 Å². The molecule has 2 heterocycles. The summed E-state index contributed by atoms with van der Waals surface area (Å²) in [6.45, 7) is 6.61. The summed E-state index contributed by atoms with van der Waals surface area (Å²) in [4.78, 5) is 15.8. The highest BCUT2D eigenvalue weighted by Crippen LogP contribution is 2.32. The second kappa shape index (κ2) is 8.64. The van der Waals surface area contributed by atoms with E-state index in [1.165, 1.54) is 0 Å². The van der Waals surface area contributed by atoms with Crippen molar-refractivity contribution in [3.05, 3.63) is 54.1 Å². The van der Waals surface area contributed by atoms with E-state index in [4.69, 9.17) is 9.47 Å². The van der Waals surface area contributed by atoms with E-state index in [0.29, 0.717) is 24.4 Å². The van der Waals surface area contributed by atoms with Crippen molar-refractivity contribution in [2.75, 3.05) is 35.4 Å². The quantitative estimate of drug-likeness (QED) is 0.599. The van der Waals surface area contributed by atoms with Gasteiger partial charge in [-0.3, -0.25) is 0 Å². The second-order valence-electron chi connectivity index (χ2n) is 6.49. The predicted octanol–water partition coefficient (Wildman–Crippen LogP) is 3.80. The third kappa shape index (κ3) is 4.48. The van der Waals surface area contributed by atoms with Gasteiger partial charge in [-0.1, -0.05) is 24.3 Å². The van der Waals surface area contributed by atoms with Gasteiger partial charge in [0.1, 0.15) is 0 Å². The number of nitrogens with one attached hydrogen (secondary N) is 2. The van der Waals surface area contributed by atoms with Crippen molar-refractivity contribution in [3.8, 4) is 11.5 Å². The van der Waals surface area contributed by atoms with Gasteiger partial charge < -0.3 is 25.0 Å². The first kappa shape index (κ1) is 18.8. The maximum absolute atomic E-state index is 5.45. The summed E-state index contributed by atoms with van der Waals surface area (Å²) in [5, 5.41) is 6.55. The molecule has 150 valence electrons. The minimum absolute atomic E-state index is 0.265. The van der Waals surface area contributed by atoms with Crippen LogP contribution in [-0.4, -0.2) is 34.8 Å². The molecule has 0 saturated carbocycles. The number of anilines is 4. The van der Waals surface area contributed by atoms with E-state index in [9.17, 15) is 0 Å². The third-order valence-electron chi connectivity index (χ3n) is 4.59. The number of benzene rings is 2. The molecule has 8 heteroatoms. The van der Waals surface area contributed by atoms with Crippen molar-refractivity contribution in [1.82, 2.24) is 15.0 Å². The summed E-state index contributed by atoms with van der Waals surface area (Å²) in [5.41, 5.74) is 1.97. The van der Waals surface area contributed by atoms with Gasteiger partial charge >= 0.3 is 0 Å². The van der Waals surface area contributed by atoms with Crippen LogP contribution in [0, 0.1) is 0 Å². The fraction of sp³-hybridized carbons (Fsp3) is 0.286. The highest BCUT2D eigenvalue weighted by atomic mass is 16.7. The lowest BCUT2D eigenvalue weighted by Gasteiger charge is -2.20. The molecule has 0 atom stereocenters. The van der Waals surface area contributed by atoms with Crippen molar-refractivity contribution in [2.24, 2.45) is 0 Å². The topological polar surface area (TPSA) is 84.4 Å². The highest BCUT2D eigenvalue weighted by molar-refractivity contribution is 5.55. The Morgan fingerprint density at radius 2 is 1.66 bits per heavy atom. The molecule has 2 aromatic carbocycles. The minimum Gasteiger partial charge on any atom is -0.454 e. The number of fused-ring (bicyclic) bond motifs is 1. The van der Waals surface area contributed by atoms with E-state index in [0.717, 1.165) is 35.8 Å². The maximum Gasteiger partial charge on any atom is 0.233 e. The molecular weight excluding hydrogens is 368 g/mol. The van der Waals surface area contributed by atoms with Gasteiger partial charge in [-0.05, 0) is 43.7 Å². The molecule has 3 aromatic rings. The molecule has 0 amide bonds. The third-order valence-corrected chi connectivity index (χ3v) is 4.59. The van der Waals surface area contributed by atoms with Gasteiger partial charge in [0, 0.05) is 25.3 Å². The monoisotopic (exact) mass is 392 g/mol. The Morgan fingerprint density at radius 1 is 0.897 bits per heavy atom. The standard InChI is InChI=1S/C21H24N6O2/c1-3-27(4-2)21-25-19(24-20(26-21)23-16-8-6-5-7-9-16)22-13-15-10-11-17-18(12-15)29-14-28-17/h5-12H,3-4,13-14H2,1-2H3,(H2,22,23,24,25,26). The number of hydrogen-bond donors (Lipinski definition) is 2. The molecule has 8 nitrogen and oxygen atoms in total. The molecule has 29 heavy (non-hydrogen) atoms. The number of nitrogens with zero attached hydrogens (tertiary/aromatic N) is 4. The molecule has 0 spiro atoms. The molecule has 0 saturated heterocycles. The van der Waals surface area contributed by atoms with E-state index in [1.807, 2.05) is 48.5 Å². The summed E-state index contributed by atoms with van der Waals surface area (Å²) in [6.07, 6.45) is 0. The summed E-state index contributed by atoms with van der Waals surface area (Å²) in [5.74, 6) is 3.18. The van der Waals surface area contributed by atoms with Crippen LogP contribution >= 0.6 is 0 Å². The van der Waals surface area contributed by atoms with Crippen LogP contribution in [0.5, 0.6) is 11.5 Å². The van der Waals surface area contributed by atoms with E-state index >= 15 is 0 Å². The summed E-state index contributed by atoms with van der Waals surface area (Å²) in [6, 6.07) is 15.7. The smallest absolute Gasteiger partial charge is 0.233 e. The molecule has 0 fully saturated rings. The Bertz CT molecular complexity index is 963. The van der Waals surface area contributed by atoms with E-state index in [2.05, 4.69) is 44.3 Å². The predicted molar refractivity (Wildman–Crippen MR) is 113 cm³/mol. The summed E-state index contributed by atoms with van der Waals surface area (Å²) >= 11 is 0. The number of aromatic nitrogens is 3. The Morgan fingerprint density at radius 3 is 2.45 bits per heavy atom. The van der Waals surface area contributed by atoms with Gasteiger partial charge in [0.2, 0.25) is 24.6 Å². The zero-order valence-corrected chi connectivity index (χ0v) is 16.6. The van der Waals surface area contributed by atoms with Crippen LogP contribution in [0.3, 0.4) is 0 Å². The minimum atomic E-state index is 0.265. The Kier molecular flexibility index (Phi) is 5.60. The van der Waals surface area contributed by atoms with Gasteiger partial charge in [-0.2, -0.15) is 15.0 Å². The van der Waals surface area contributed by atoms with Crippen LogP contribution in [-0.2, 0) is 6.54 Å². The normalized spacial score (nSPS) is 11.9. The SMILES string of the molecule is CCN(CC)c1nc(NCc2ccc3c(c2)OCO3)nc(Nc2ccccc2)n1. The molecule has 0 unspecified atom stereocenters. The zero-order chi connectivity index (χ0) is 20.1. The molecule has 1 aliphatic heterocycles. The number of ether oxygens (including phenoxy) is 2. The molecule has 1 aromatic heterocycles. The number of para-hydroxylation sites is 1. The average Bonchev–Trinajstić information content (AvgIpc) is 3.22. The number of hydrogen-bond acceptors (Lipinski definition) is 8. The number of rotatable bonds is 8. The van der Waals surface area contributed by atoms with Gasteiger partial charge in [0.25, 0.3) is 0 Å². The van der Waals surface area contributed by atoms with Gasteiger partial charge in [-0.25, -0.2) is 0 Å². The van der Waals surface area contributed by atoms with Crippen molar-refractivity contribution >= 4 is 23.5 Å². The van der Waals surface area contributed by atoms with Crippen molar-refractivity contribution in [3.63, 3.8) is 0 Å². The fourth-order valence-electron chi connectivity index (χ4n) is 3.03. The van der Waals surface area contributed by atoms with Crippen LogP contribution in [0.15, 0.2) is 48.5 Å². The van der Waals surface area contributed by atoms with E-state index in [1.54, 1.807) is 0 Å². The van der Waals surface area contributed by atoms with E-state index in [-0.39, 0.29) is 6.79 Å². The lowest BCUT2D eigenvalue weighted by molar-refractivity contribution is 0.174. The first-order valence-corrected chi connectivity index (χ1v) is 9.70. The Labute approximate surface area is 169 Å². The molecule has 4 rings (SSSR count). The van der Waals surface area contributed by atoms with Crippen LogP contribution in [0.25, 0.3) is 0 Å². The van der Waals surface area contributed by atoms with Gasteiger partial charge in [-0.15, -0.1) is 0 Å². The van der Waals surface area contributed by atoms with Crippen molar-refractivity contribution in [1.29, 1.82) is 0 Å². The molecule has 1 aliphatic rings. The Hall–Kier alpha value is -3.55. The molecule has 0 radical (unpaired) electrons.